The third kappa shape index (κ3) is 37.1. The molecule has 3 heterocycles. The lowest BCUT2D eigenvalue weighted by molar-refractivity contribution is -0.272. The van der Waals surface area contributed by atoms with Crippen LogP contribution in [-0.2, 0) is 109 Å². The Labute approximate surface area is 646 Å². The first-order valence-corrected chi connectivity index (χ1v) is 38.5. The summed E-state index contributed by atoms with van der Waals surface area (Å²) in [6.07, 6.45) is -7.57. The SMILES string of the molecule is CC(=O)N[C@H]1[C@H](OCCOCCOCCOCC(=O)NCCCCC(NC(=O)C(CCCCNC(=O)COCCOCCOCCO[C@@H]2O[C@H](CO)[C@H](O)[C@H](O)[C@H]2N)NC(=O)COCCOCCOCCO[C@@H]2O[C@H](CO)[C@H](O)[C@H](O)[C@H]2NC(C)=O)C(=O)NC(C(=O)NCC2CCC2)C2CCCC2)O[C@H](CO)[C@H](O)[C@@H]1O. The Kier molecular flexibility index (Phi) is 48.7. The van der Waals surface area contributed by atoms with Gasteiger partial charge in [0.2, 0.25) is 47.3 Å². The Morgan fingerprint density at radius 1 is 0.396 bits per heavy atom. The molecule has 2 aliphatic carbocycles. The highest BCUT2D eigenvalue weighted by Gasteiger charge is 2.48. The molecule has 41 heteroatoms. The number of amides is 8. The van der Waals surface area contributed by atoms with E-state index in [1.807, 2.05) is 0 Å². The highest BCUT2D eigenvalue weighted by molar-refractivity contribution is 5.94. The van der Waals surface area contributed by atoms with Crippen molar-refractivity contribution in [1.29, 1.82) is 0 Å². The zero-order chi connectivity index (χ0) is 80.7. The molecule has 111 heavy (non-hydrogen) atoms. The van der Waals surface area contributed by atoms with E-state index in [-0.39, 0.29) is 170 Å². The Balaban J connectivity index is 1.07. The molecule has 0 aromatic rings. The van der Waals surface area contributed by atoms with Gasteiger partial charge in [-0.15, -0.1) is 0 Å². The number of nitrogens with one attached hydrogen (secondary N) is 8. The largest absolute Gasteiger partial charge is 0.394 e. The van der Waals surface area contributed by atoms with Crippen LogP contribution in [0.15, 0.2) is 0 Å². The molecule has 3 unspecified atom stereocenters. The van der Waals surface area contributed by atoms with Gasteiger partial charge in [-0.05, 0) is 76.0 Å². The molecule has 0 aromatic carbocycles. The molecule has 19 N–H and O–H groups in total. The Morgan fingerprint density at radius 3 is 1.15 bits per heavy atom. The number of hydrogen-bond donors (Lipinski definition) is 18. The van der Waals surface area contributed by atoms with Crippen LogP contribution < -0.4 is 48.3 Å². The van der Waals surface area contributed by atoms with E-state index in [1.54, 1.807) is 0 Å². The smallest absolute Gasteiger partial charge is 0.246 e. The van der Waals surface area contributed by atoms with Gasteiger partial charge in [0.1, 0.15) is 105 Å². The standard InChI is InChI=1S/C70H125N9O32/c1-43(83)75-57-63(92)60(89)50(38-81)110-69(57)107-34-31-101-22-19-98-25-28-104-41-53(86)73-17-8-6-15-48(66(95)79-56(46-12-3-4-13-46)67(96)74-36-45-10-9-11-45)78-65(94)47(77-54(87)42-105-29-26-99-20-23-102-32-35-108-70-58(76-44(2)84)64(93)61(90)51(39-82)111-70)14-5-7-16-72-52(85)40-103-27-24-97-18-21-100-30-33-106-68-55(71)62(91)59(88)49(37-80)109-68/h45-51,55-64,68-70,80-82,88-93H,3-42,71H2,1-2H3,(H,72,85)(H,73,86)(H,74,96)(H,75,83)(H,76,84)(H,77,87)(H,78,94)(H,79,95)/t47?,48?,49-,50-,51-,55-,56?,57-,58-,59+,60+,61+,62-,63-,64-,68-,69-,70-/m1/s1. The molecule has 5 aliphatic rings. The van der Waals surface area contributed by atoms with E-state index in [4.69, 9.17) is 76.8 Å². The fraction of sp³-hybridized carbons (Fsp3) is 0.886. The van der Waals surface area contributed by atoms with Crippen LogP contribution in [0.1, 0.15) is 97.3 Å². The third-order valence-corrected chi connectivity index (χ3v) is 18.9. The highest BCUT2D eigenvalue weighted by Crippen LogP contribution is 2.30. The van der Waals surface area contributed by atoms with Crippen LogP contribution in [0.5, 0.6) is 0 Å². The van der Waals surface area contributed by atoms with Crippen molar-refractivity contribution in [2.24, 2.45) is 17.6 Å². The second-order valence-electron chi connectivity index (χ2n) is 27.5. The summed E-state index contributed by atoms with van der Waals surface area (Å²) in [6.45, 7) is 2.15. The first-order chi connectivity index (χ1) is 53.6. The Hall–Kier alpha value is -5.24. The number of aliphatic hydroxyl groups is 9. The summed E-state index contributed by atoms with van der Waals surface area (Å²) in [5.41, 5.74) is 5.88. The average Bonchev–Trinajstić information content (AvgIpc) is 1.48. The quantitative estimate of drug-likeness (QED) is 0.0252. The van der Waals surface area contributed by atoms with Crippen molar-refractivity contribution in [3.8, 4) is 0 Å². The summed E-state index contributed by atoms with van der Waals surface area (Å²) in [6, 6.07) is -6.52. The summed E-state index contributed by atoms with van der Waals surface area (Å²) in [7, 11) is 0. The molecule has 3 aliphatic heterocycles. The third-order valence-electron chi connectivity index (χ3n) is 18.9. The second-order valence-corrected chi connectivity index (χ2v) is 27.5. The van der Waals surface area contributed by atoms with Crippen LogP contribution in [-0.4, -0.2) is 381 Å². The van der Waals surface area contributed by atoms with Gasteiger partial charge >= 0.3 is 0 Å². The number of carbonyl (C=O) groups excluding carboxylic acids is 8. The molecule has 41 nitrogen and oxygen atoms in total. The normalized spacial score (nSPS) is 26.4. The minimum absolute atomic E-state index is 0.0166. The average molecular weight is 1600 g/mol. The maximum Gasteiger partial charge on any atom is 0.246 e. The van der Waals surface area contributed by atoms with Gasteiger partial charge in [0.15, 0.2) is 18.9 Å². The zero-order valence-corrected chi connectivity index (χ0v) is 63.8. The molecule has 8 amide bonds. The topological polar surface area (TPSA) is 579 Å². The van der Waals surface area contributed by atoms with Crippen LogP contribution in [0.4, 0.5) is 0 Å². The lowest BCUT2D eigenvalue weighted by atomic mass is 9.85. The monoisotopic (exact) mass is 1600 g/mol. The number of unbranched alkanes of at least 4 members (excludes halogenated alkanes) is 2. The molecule has 642 valence electrons. The minimum atomic E-state index is -1.47. The van der Waals surface area contributed by atoms with Gasteiger partial charge in [0.05, 0.1) is 145 Å². The number of aliphatic hydroxyl groups excluding tert-OH is 9. The molecular weight excluding hydrogens is 1480 g/mol. The second kappa shape index (κ2) is 56.1. The van der Waals surface area contributed by atoms with Gasteiger partial charge in [-0.2, -0.15) is 0 Å². The Bertz CT molecular complexity index is 2630. The van der Waals surface area contributed by atoms with Gasteiger partial charge in [0.25, 0.3) is 0 Å². The summed E-state index contributed by atoms with van der Waals surface area (Å²) in [5.74, 6) is -3.90. The summed E-state index contributed by atoms with van der Waals surface area (Å²) >= 11 is 0. The maximum absolute atomic E-state index is 14.5. The number of nitrogens with two attached hydrogens (primary N) is 1. The Morgan fingerprint density at radius 2 is 0.757 bits per heavy atom. The first kappa shape index (κ1) is 96.3. The number of carbonyl (C=O) groups is 8. The van der Waals surface area contributed by atoms with E-state index in [2.05, 4.69) is 42.5 Å². The van der Waals surface area contributed by atoms with Crippen LogP contribution in [0.3, 0.4) is 0 Å². The molecule has 5 rings (SSSR count). The highest BCUT2D eigenvalue weighted by atomic mass is 16.7. The van der Waals surface area contributed by atoms with Gasteiger partial charge in [-0.25, -0.2) is 0 Å². The molecule has 0 radical (unpaired) electrons. The molecule has 18 atom stereocenters. The molecule has 5 fully saturated rings. The van der Waals surface area contributed by atoms with Gasteiger partial charge in [-0.1, -0.05) is 19.3 Å². The van der Waals surface area contributed by atoms with Crippen LogP contribution in [0.2, 0.25) is 0 Å². The van der Waals surface area contributed by atoms with Crippen molar-refractivity contribution < 1.29 is 155 Å². The van der Waals surface area contributed by atoms with Crippen LogP contribution in [0.25, 0.3) is 0 Å². The lowest BCUT2D eigenvalue weighted by Gasteiger charge is -2.42. The number of rotatable bonds is 60. The summed E-state index contributed by atoms with van der Waals surface area (Å²) in [4.78, 5) is 105. The predicted octanol–water partition coefficient (Wildman–Crippen LogP) is -8.03. The fourth-order valence-electron chi connectivity index (χ4n) is 12.5. The van der Waals surface area contributed by atoms with Crippen molar-refractivity contribution in [3.63, 3.8) is 0 Å². The first-order valence-electron chi connectivity index (χ1n) is 38.5. The molecule has 0 aromatic heterocycles. The van der Waals surface area contributed by atoms with E-state index in [0.29, 0.717) is 51.0 Å². The van der Waals surface area contributed by atoms with Crippen molar-refractivity contribution in [1.82, 2.24) is 42.5 Å². The fourth-order valence-corrected chi connectivity index (χ4v) is 12.5. The summed E-state index contributed by atoms with van der Waals surface area (Å²) < 4.78 is 82.9. The predicted molar refractivity (Wildman–Crippen MR) is 384 cm³/mol. The molecular formula is C70H125N9O32. The van der Waals surface area contributed by atoms with E-state index >= 15 is 0 Å². The number of ether oxygens (including phenoxy) is 15. The van der Waals surface area contributed by atoms with Crippen molar-refractivity contribution in [3.05, 3.63) is 0 Å². The van der Waals surface area contributed by atoms with Crippen molar-refractivity contribution >= 4 is 47.3 Å². The van der Waals surface area contributed by atoms with Crippen molar-refractivity contribution in [2.45, 2.75) is 207 Å². The lowest BCUT2D eigenvalue weighted by Crippen LogP contribution is -2.64. The van der Waals surface area contributed by atoms with Gasteiger partial charge in [0, 0.05) is 33.5 Å². The zero-order valence-electron chi connectivity index (χ0n) is 63.8. The molecule has 2 saturated carbocycles. The van der Waals surface area contributed by atoms with E-state index in [9.17, 15) is 84.3 Å². The van der Waals surface area contributed by atoms with Crippen molar-refractivity contribution in [2.75, 3.05) is 178 Å². The molecule has 0 spiro atoms. The molecule has 3 saturated heterocycles. The number of hydrogen-bond acceptors (Lipinski definition) is 33. The maximum atomic E-state index is 14.5. The molecule has 0 bridgehead atoms. The van der Waals surface area contributed by atoms with Gasteiger partial charge < -0.3 is 165 Å². The minimum Gasteiger partial charge on any atom is -0.394 e. The summed E-state index contributed by atoms with van der Waals surface area (Å²) in [5, 5.41) is 112. The van der Waals surface area contributed by atoms with E-state index in [0.717, 1.165) is 32.1 Å². The van der Waals surface area contributed by atoms with E-state index in [1.165, 1.54) is 13.8 Å². The van der Waals surface area contributed by atoms with E-state index < -0.39 is 178 Å². The van der Waals surface area contributed by atoms with Crippen LogP contribution in [0, 0.1) is 11.8 Å². The van der Waals surface area contributed by atoms with Gasteiger partial charge in [-0.3, -0.25) is 38.4 Å². The van der Waals surface area contributed by atoms with Crippen LogP contribution >= 0.6 is 0 Å².